The van der Waals surface area contributed by atoms with Crippen molar-refractivity contribution >= 4 is 21.7 Å². The first-order chi connectivity index (χ1) is 6.59. The molecule has 0 amide bonds. The summed E-state index contributed by atoms with van der Waals surface area (Å²) in [4.78, 5) is 10.1. The van der Waals surface area contributed by atoms with Crippen LogP contribution in [-0.2, 0) is 0 Å². The molecule has 14 heavy (non-hydrogen) atoms. The molecule has 1 aromatic heterocycles. The predicted molar refractivity (Wildman–Crippen MR) is 59.3 cm³/mol. The molecule has 0 fully saturated rings. The summed E-state index contributed by atoms with van der Waals surface area (Å²) in [7, 11) is 1.94. The van der Waals surface area contributed by atoms with Crippen molar-refractivity contribution in [1.29, 1.82) is 0 Å². The summed E-state index contributed by atoms with van der Waals surface area (Å²) in [6.45, 7) is 2.56. The fourth-order valence-electron chi connectivity index (χ4n) is 1.03. The smallest absolute Gasteiger partial charge is 0.132 e. The normalized spacial score (nSPS) is 12.6. The number of rotatable bonds is 4. The Kier molecular flexibility index (Phi) is 4.28. The van der Waals surface area contributed by atoms with Crippen LogP contribution in [0.1, 0.15) is 13.3 Å². The van der Waals surface area contributed by atoms with Gasteiger partial charge in [0.25, 0.3) is 0 Å². The van der Waals surface area contributed by atoms with Gasteiger partial charge in [-0.05, 0) is 29.3 Å². The van der Waals surface area contributed by atoms with E-state index in [0.29, 0.717) is 0 Å². The first-order valence-corrected chi connectivity index (χ1v) is 5.25. The quantitative estimate of drug-likeness (QED) is 0.832. The van der Waals surface area contributed by atoms with Crippen molar-refractivity contribution in [3.63, 3.8) is 0 Å². The Morgan fingerprint density at radius 1 is 1.57 bits per heavy atom. The molecule has 1 atom stereocenters. The van der Waals surface area contributed by atoms with Crippen molar-refractivity contribution in [3.8, 4) is 0 Å². The van der Waals surface area contributed by atoms with Crippen molar-refractivity contribution in [2.24, 2.45) is 0 Å². The monoisotopic (exact) mass is 259 g/mol. The summed E-state index contributed by atoms with van der Waals surface area (Å²) in [5.41, 5.74) is 0. The van der Waals surface area contributed by atoms with Crippen molar-refractivity contribution in [2.45, 2.75) is 19.4 Å². The van der Waals surface area contributed by atoms with Gasteiger partial charge in [-0.2, -0.15) is 0 Å². The zero-order chi connectivity index (χ0) is 10.6. The van der Waals surface area contributed by atoms with E-state index >= 15 is 0 Å². The molecule has 0 aliphatic carbocycles. The van der Waals surface area contributed by atoms with E-state index < -0.39 is 0 Å². The van der Waals surface area contributed by atoms with E-state index in [9.17, 15) is 0 Å². The maximum atomic E-state index is 9.13. The van der Waals surface area contributed by atoms with E-state index in [1.807, 2.05) is 18.0 Å². The van der Waals surface area contributed by atoms with E-state index in [1.54, 1.807) is 6.92 Å². The lowest BCUT2D eigenvalue weighted by Crippen LogP contribution is -2.22. The van der Waals surface area contributed by atoms with Crippen molar-refractivity contribution in [2.75, 3.05) is 18.5 Å². The minimum atomic E-state index is -0.275. The van der Waals surface area contributed by atoms with E-state index in [1.165, 1.54) is 6.33 Å². The summed E-state index contributed by atoms with van der Waals surface area (Å²) >= 11 is 3.28. The van der Waals surface area contributed by atoms with Gasteiger partial charge < -0.3 is 10.0 Å². The molecule has 0 aliphatic rings. The van der Waals surface area contributed by atoms with Crippen molar-refractivity contribution < 1.29 is 5.11 Å². The Hall–Kier alpha value is -0.680. The molecule has 0 saturated heterocycles. The number of hydrogen-bond donors (Lipinski definition) is 1. The van der Waals surface area contributed by atoms with Gasteiger partial charge in [-0.25, -0.2) is 9.97 Å². The Morgan fingerprint density at radius 3 is 2.86 bits per heavy atom. The number of aliphatic hydroxyl groups excluding tert-OH is 1. The molecule has 1 heterocycles. The zero-order valence-corrected chi connectivity index (χ0v) is 9.90. The van der Waals surface area contributed by atoms with E-state index in [2.05, 4.69) is 25.9 Å². The average Bonchev–Trinajstić information content (AvgIpc) is 2.14. The number of halogens is 1. The third-order valence-electron chi connectivity index (χ3n) is 1.89. The predicted octanol–water partition coefficient (Wildman–Crippen LogP) is 1.45. The standard InChI is InChI=1S/C9H14BrN3O/c1-7(14)3-4-13(2)9-5-8(10)11-6-12-9/h5-7,14H,3-4H2,1-2H3. The minimum absolute atomic E-state index is 0.275. The van der Waals surface area contributed by atoms with Gasteiger partial charge in [-0.1, -0.05) is 0 Å². The summed E-state index contributed by atoms with van der Waals surface area (Å²) in [5.74, 6) is 0.854. The maximum absolute atomic E-state index is 9.13. The average molecular weight is 260 g/mol. The minimum Gasteiger partial charge on any atom is -0.393 e. The molecular formula is C9H14BrN3O. The molecule has 78 valence electrons. The molecule has 0 bridgehead atoms. The van der Waals surface area contributed by atoms with Crippen LogP contribution in [0.3, 0.4) is 0 Å². The van der Waals surface area contributed by atoms with Gasteiger partial charge in [0.15, 0.2) is 0 Å². The molecule has 1 N–H and O–H groups in total. The third kappa shape index (κ3) is 3.59. The lowest BCUT2D eigenvalue weighted by molar-refractivity contribution is 0.187. The van der Waals surface area contributed by atoms with E-state index in [0.717, 1.165) is 23.4 Å². The Morgan fingerprint density at radius 2 is 2.29 bits per heavy atom. The first-order valence-electron chi connectivity index (χ1n) is 4.46. The summed E-state index contributed by atoms with van der Waals surface area (Å²) in [6, 6.07) is 1.85. The van der Waals surface area contributed by atoms with Crippen LogP contribution in [0.2, 0.25) is 0 Å². The highest BCUT2D eigenvalue weighted by molar-refractivity contribution is 9.10. The van der Waals surface area contributed by atoms with Gasteiger partial charge in [-0.15, -0.1) is 0 Å². The van der Waals surface area contributed by atoms with Crippen LogP contribution in [0, 0.1) is 0 Å². The highest BCUT2D eigenvalue weighted by Gasteiger charge is 2.04. The van der Waals surface area contributed by atoms with Gasteiger partial charge in [-0.3, -0.25) is 0 Å². The second kappa shape index (κ2) is 5.26. The number of nitrogens with zero attached hydrogens (tertiary/aromatic N) is 3. The van der Waals surface area contributed by atoms with Gasteiger partial charge in [0, 0.05) is 19.7 Å². The second-order valence-corrected chi connectivity index (χ2v) is 4.07. The number of aliphatic hydroxyl groups is 1. The fraction of sp³-hybridized carbons (Fsp3) is 0.556. The van der Waals surface area contributed by atoms with Crippen LogP contribution in [0.4, 0.5) is 5.82 Å². The summed E-state index contributed by atoms with van der Waals surface area (Å²) < 4.78 is 0.770. The van der Waals surface area contributed by atoms with Gasteiger partial charge in [0.1, 0.15) is 16.7 Å². The van der Waals surface area contributed by atoms with Crippen LogP contribution in [-0.4, -0.2) is 34.8 Å². The van der Waals surface area contributed by atoms with Gasteiger partial charge >= 0.3 is 0 Å². The van der Waals surface area contributed by atoms with Crippen molar-refractivity contribution in [3.05, 3.63) is 17.0 Å². The zero-order valence-electron chi connectivity index (χ0n) is 8.31. The molecule has 0 radical (unpaired) electrons. The van der Waals surface area contributed by atoms with Gasteiger partial charge in [0.2, 0.25) is 0 Å². The lowest BCUT2D eigenvalue weighted by Gasteiger charge is -2.18. The maximum Gasteiger partial charge on any atom is 0.132 e. The number of aromatic nitrogens is 2. The van der Waals surface area contributed by atoms with Crippen LogP contribution >= 0.6 is 15.9 Å². The Labute approximate surface area is 92.1 Å². The third-order valence-corrected chi connectivity index (χ3v) is 2.33. The number of anilines is 1. The van der Waals surface area contributed by atoms with E-state index in [-0.39, 0.29) is 6.10 Å². The van der Waals surface area contributed by atoms with Crippen molar-refractivity contribution in [1.82, 2.24) is 9.97 Å². The highest BCUT2D eigenvalue weighted by Crippen LogP contribution is 2.13. The lowest BCUT2D eigenvalue weighted by atomic mass is 10.3. The molecule has 5 heteroatoms. The van der Waals surface area contributed by atoms with E-state index in [4.69, 9.17) is 5.11 Å². The van der Waals surface area contributed by atoms with Crippen LogP contribution in [0.5, 0.6) is 0 Å². The van der Waals surface area contributed by atoms with Gasteiger partial charge in [0.05, 0.1) is 6.10 Å². The molecule has 1 rings (SSSR count). The molecule has 0 aromatic carbocycles. The second-order valence-electron chi connectivity index (χ2n) is 3.26. The Bertz CT molecular complexity index is 293. The van der Waals surface area contributed by atoms with Crippen LogP contribution in [0.15, 0.2) is 17.0 Å². The van der Waals surface area contributed by atoms with Crippen LogP contribution in [0.25, 0.3) is 0 Å². The summed E-state index contributed by atoms with van der Waals surface area (Å²) in [5, 5.41) is 9.13. The molecule has 0 saturated carbocycles. The summed E-state index contributed by atoms with van der Waals surface area (Å²) in [6.07, 6.45) is 1.97. The Balaban J connectivity index is 2.56. The van der Waals surface area contributed by atoms with Crippen LogP contribution < -0.4 is 4.90 Å². The SMILES string of the molecule is CC(O)CCN(C)c1cc(Br)ncn1. The topological polar surface area (TPSA) is 49.2 Å². The fourth-order valence-corrected chi connectivity index (χ4v) is 1.32. The molecule has 0 spiro atoms. The molecule has 1 unspecified atom stereocenters. The number of hydrogen-bond acceptors (Lipinski definition) is 4. The first kappa shape index (κ1) is 11.4. The molecule has 0 aliphatic heterocycles. The molecular weight excluding hydrogens is 246 g/mol. The molecule has 4 nitrogen and oxygen atoms in total. The molecule has 1 aromatic rings. The highest BCUT2D eigenvalue weighted by atomic mass is 79.9. The largest absolute Gasteiger partial charge is 0.393 e.